The maximum Gasteiger partial charge on any atom is 0.120 e. The molecule has 0 spiro atoms. The molecule has 1 N–H and O–H groups in total. The summed E-state index contributed by atoms with van der Waals surface area (Å²) in [7, 11) is 0. The van der Waals surface area contributed by atoms with Gasteiger partial charge < -0.3 is 9.73 Å². The second kappa shape index (κ2) is 4.86. The molecule has 2 aromatic rings. The van der Waals surface area contributed by atoms with E-state index in [4.69, 9.17) is 4.42 Å². The molecule has 2 aromatic heterocycles. The molecular formula is C14H18N2OS. The van der Waals surface area contributed by atoms with Crippen LogP contribution in [0.5, 0.6) is 0 Å². The molecule has 3 rings (SSSR count). The lowest BCUT2D eigenvalue weighted by molar-refractivity contribution is 0.415. The van der Waals surface area contributed by atoms with E-state index in [-0.39, 0.29) is 6.04 Å². The van der Waals surface area contributed by atoms with Crippen molar-refractivity contribution < 1.29 is 4.42 Å². The van der Waals surface area contributed by atoms with Crippen molar-refractivity contribution >= 4 is 11.3 Å². The largest absolute Gasteiger partial charge is 0.465 e. The normalized spacial score (nSPS) is 17.0. The van der Waals surface area contributed by atoms with Gasteiger partial charge in [-0.2, -0.15) is 0 Å². The van der Waals surface area contributed by atoms with Gasteiger partial charge in [-0.05, 0) is 38.8 Å². The number of hydrogen-bond acceptors (Lipinski definition) is 4. The third-order valence-corrected chi connectivity index (χ3v) is 4.18. The maximum absolute atomic E-state index is 5.61. The fraction of sp³-hybridized carbons (Fsp3) is 0.500. The number of rotatable bonds is 5. The molecule has 1 aliphatic rings. The smallest absolute Gasteiger partial charge is 0.120 e. The van der Waals surface area contributed by atoms with E-state index in [1.807, 2.05) is 19.1 Å². The minimum absolute atomic E-state index is 0.229. The van der Waals surface area contributed by atoms with Gasteiger partial charge in [0, 0.05) is 17.8 Å². The topological polar surface area (TPSA) is 38.1 Å². The zero-order chi connectivity index (χ0) is 12.5. The first-order valence-electron chi connectivity index (χ1n) is 6.46. The quantitative estimate of drug-likeness (QED) is 0.891. The molecule has 0 saturated heterocycles. The van der Waals surface area contributed by atoms with Crippen LogP contribution in [0.4, 0.5) is 0 Å². The Balaban J connectivity index is 1.56. The number of nitrogens with one attached hydrogen (secondary N) is 1. The van der Waals surface area contributed by atoms with Gasteiger partial charge >= 0.3 is 0 Å². The van der Waals surface area contributed by atoms with Crippen molar-refractivity contribution in [2.45, 2.75) is 45.2 Å². The summed E-state index contributed by atoms with van der Waals surface area (Å²) < 4.78 is 5.61. The van der Waals surface area contributed by atoms with Crippen LogP contribution in [-0.2, 0) is 6.54 Å². The lowest BCUT2D eigenvalue weighted by atomic mass is 10.2. The van der Waals surface area contributed by atoms with Gasteiger partial charge in [-0.15, -0.1) is 11.3 Å². The first-order valence-corrected chi connectivity index (χ1v) is 7.34. The number of hydrogen-bond donors (Lipinski definition) is 1. The average molecular weight is 262 g/mol. The summed E-state index contributed by atoms with van der Waals surface area (Å²) in [6.07, 6.45) is 2.64. The molecule has 4 heteroatoms. The molecule has 0 aliphatic heterocycles. The molecule has 0 radical (unpaired) electrons. The SMILES string of the molecule is Cc1ccc(C(C)NCc2nc(C3CC3)cs2)o1. The number of aryl methyl sites for hydroxylation is 1. The first kappa shape index (κ1) is 11.9. The Kier molecular flexibility index (Phi) is 3.22. The predicted octanol–water partition coefficient (Wildman–Crippen LogP) is 3.77. The van der Waals surface area contributed by atoms with Gasteiger partial charge in [-0.25, -0.2) is 4.98 Å². The maximum atomic E-state index is 5.61. The Labute approximate surface area is 111 Å². The molecular weight excluding hydrogens is 244 g/mol. The number of thiazole rings is 1. The molecule has 18 heavy (non-hydrogen) atoms. The minimum Gasteiger partial charge on any atom is -0.465 e. The van der Waals surface area contributed by atoms with Crippen LogP contribution in [0, 0.1) is 6.92 Å². The van der Waals surface area contributed by atoms with E-state index < -0.39 is 0 Å². The number of aromatic nitrogens is 1. The van der Waals surface area contributed by atoms with E-state index in [0.29, 0.717) is 0 Å². The molecule has 1 saturated carbocycles. The van der Waals surface area contributed by atoms with Gasteiger partial charge in [0.05, 0.1) is 11.7 Å². The molecule has 1 fully saturated rings. The minimum atomic E-state index is 0.229. The highest BCUT2D eigenvalue weighted by atomic mass is 32.1. The van der Waals surface area contributed by atoms with E-state index in [9.17, 15) is 0 Å². The fourth-order valence-corrected chi connectivity index (χ4v) is 2.83. The van der Waals surface area contributed by atoms with Crippen LogP contribution in [-0.4, -0.2) is 4.98 Å². The van der Waals surface area contributed by atoms with Gasteiger partial charge in [-0.3, -0.25) is 0 Å². The predicted molar refractivity (Wildman–Crippen MR) is 72.8 cm³/mol. The van der Waals surface area contributed by atoms with Gasteiger partial charge in [0.1, 0.15) is 16.5 Å². The van der Waals surface area contributed by atoms with Crippen molar-refractivity contribution in [1.82, 2.24) is 10.3 Å². The van der Waals surface area contributed by atoms with Crippen molar-refractivity contribution in [2.24, 2.45) is 0 Å². The van der Waals surface area contributed by atoms with E-state index in [2.05, 4.69) is 22.6 Å². The Morgan fingerprint density at radius 1 is 1.50 bits per heavy atom. The van der Waals surface area contributed by atoms with E-state index >= 15 is 0 Å². The lowest BCUT2D eigenvalue weighted by Crippen LogP contribution is -2.17. The van der Waals surface area contributed by atoms with Crippen molar-refractivity contribution in [3.05, 3.63) is 39.7 Å². The number of furan rings is 1. The monoisotopic (exact) mass is 262 g/mol. The van der Waals surface area contributed by atoms with Gasteiger partial charge in [0.2, 0.25) is 0 Å². The zero-order valence-corrected chi connectivity index (χ0v) is 11.6. The Morgan fingerprint density at radius 3 is 3.00 bits per heavy atom. The van der Waals surface area contributed by atoms with Crippen LogP contribution >= 0.6 is 11.3 Å². The average Bonchev–Trinajstić information content (AvgIpc) is 2.95. The van der Waals surface area contributed by atoms with Crippen LogP contribution in [0.25, 0.3) is 0 Å². The summed E-state index contributed by atoms with van der Waals surface area (Å²) in [5, 5.41) is 6.83. The standard InChI is InChI=1S/C14H18N2OS/c1-9-3-6-13(17-9)10(2)15-7-14-16-12(8-18-14)11-4-5-11/h3,6,8,10-11,15H,4-5,7H2,1-2H3. The van der Waals surface area contributed by atoms with Crippen LogP contribution in [0.1, 0.15) is 53.9 Å². The van der Waals surface area contributed by atoms with Crippen molar-refractivity contribution in [2.75, 3.05) is 0 Å². The highest BCUT2D eigenvalue weighted by Gasteiger charge is 2.25. The molecule has 0 aromatic carbocycles. The van der Waals surface area contributed by atoms with E-state index in [1.165, 1.54) is 23.5 Å². The summed E-state index contributed by atoms with van der Waals surface area (Å²) in [5.41, 5.74) is 1.29. The Hall–Kier alpha value is -1.13. The fourth-order valence-electron chi connectivity index (χ4n) is 2.00. The molecule has 1 unspecified atom stereocenters. The van der Waals surface area contributed by atoms with Gasteiger partial charge in [0.25, 0.3) is 0 Å². The van der Waals surface area contributed by atoms with Gasteiger partial charge in [0.15, 0.2) is 0 Å². The molecule has 0 bridgehead atoms. The highest BCUT2D eigenvalue weighted by molar-refractivity contribution is 7.09. The first-order chi connectivity index (χ1) is 8.72. The Morgan fingerprint density at radius 2 is 2.33 bits per heavy atom. The molecule has 96 valence electrons. The van der Waals surface area contributed by atoms with Crippen LogP contribution in [0.2, 0.25) is 0 Å². The lowest BCUT2D eigenvalue weighted by Gasteiger charge is -2.09. The third-order valence-electron chi connectivity index (χ3n) is 3.31. The van der Waals surface area contributed by atoms with E-state index in [1.54, 1.807) is 11.3 Å². The van der Waals surface area contributed by atoms with Crippen LogP contribution in [0.15, 0.2) is 21.9 Å². The molecule has 1 atom stereocenters. The highest BCUT2D eigenvalue weighted by Crippen LogP contribution is 2.40. The zero-order valence-electron chi connectivity index (χ0n) is 10.8. The third kappa shape index (κ3) is 2.65. The van der Waals surface area contributed by atoms with Crippen molar-refractivity contribution in [1.29, 1.82) is 0 Å². The summed E-state index contributed by atoms with van der Waals surface area (Å²) in [4.78, 5) is 4.67. The summed E-state index contributed by atoms with van der Waals surface area (Å²) in [6.45, 7) is 4.91. The van der Waals surface area contributed by atoms with E-state index in [0.717, 1.165) is 24.0 Å². The van der Waals surface area contributed by atoms with Crippen molar-refractivity contribution in [3.63, 3.8) is 0 Å². The molecule has 3 nitrogen and oxygen atoms in total. The second-order valence-electron chi connectivity index (χ2n) is 4.99. The van der Waals surface area contributed by atoms with Gasteiger partial charge in [-0.1, -0.05) is 0 Å². The Bertz CT molecular complexity index is 527. The van der Waals surface area contributed by atoms with Crippen molar-refractivity contribution in [3.8, 4) is 0 Å². The summed E-state index contributed by atoms with van der Waals surface area (Å²) >= 11 is 1.76. The second-order valence-corrected chi connectivity index (χ2v) is 5.93. The van der Waals surface area contributed by atoms with Crippen LogP contribution < -0.4 is 5.32 Å². The molecule has 0 amide bonds. The summed E-state index contributed by atoms with van der Waals surface area (Å²) in [6, 6.07) is 4.26. The van der Waals surface area contributed by atoms with Crippen LogP contribution in [0.3, 0.4) is 0 Å². The molecule has 1 aliphatic carbocycles. The molecule has 2 heterocycles. The number of nitrogens with zero attached hydrogens (tertiary/aromatic N) is 1. The summed E-state index contributed by atoms with van der Waals surface area (Å²) in [5.74, 6) is 2.70.